The van der Waals surface area contributed by atoms with Gasteiger partial charge in [0.05, 0.1) is 29.1 Å². The predicted octanol–water partition coefficient (Wildman–Crippen LogP) is 1.67. The van der Waals surface area contributed by atoms with Crippen LogP contribution in [-0.2, 0) is 10.0 Å². The van der Waals surface area contributed by atoms with Gasteiger partial charge in [0.15, 0.2) is 11.5 Å². The van der Waals surface area contributed by atoms with Crippen LogP contribution in [-0.4, -0.2) is 38.7 Å². The van der Waals surface area contributed by atoms with Gasteiger partial charge in [-0.3, -0.25) is 4.72 Å². The Kier molecular flexibility index (Phi) is 4.18. The maximum atomic E-state index is 12.7. The molecule has 0 saturated heterocycles. The van der Waals surface area contributed by atoms with E-state index in [1.807, 2.05) is 0 Å². The van der Waals surface area contributed by atoms with Crippen LogP contribution in [0, 0.1) is 13.8 Å². The van der Waals surface area contributed by atoms with E-state index in [1.165, 1.54) is 19.2 Å². The molecule has 0 fully saturated rings. The summed E-state index contributed by atoms with van der Waals surface area (Å²) in [5.74, 6) is 0.934. The second-order valence-electron chi connectivity index (χ2n) is 5.17. The summed E-state index contributed by atoms with van der Waals surface area (Å²) < 4.78 is 43.6. The van der Waals surface area contributed by atoms with E-state index in [1.54, 1.807) is 19.9 Å². The van der Waals surface area contributed by atoms with Gasteiger partial charge in [-0.25, -0.2) is 8.42 Å². The molecule has 2 heterocycles. The highest BCUT2D eigenvalue weighted by atomic mass is 32.2. The highest BCUT2D eigenvalue weighted by Crippen LogP contribution is 2.33. The largest absolute Gasteiger partial charge is 0.486 e. The summed E-state index contributed by atoms with van der Waals surface area (Å²) in [7, 11) is -2.37. The van der Waals surface area contributed by atoms with E-state index in [0.717, 1.165) is 0 Å². The average molecular weight is 351 g/mol. The predicted molar refractivity (Wildman–Crippen MR) is 86.3 cm³/mol. The van der Waals surface area contributed by atoms with Crippen molar-refractivity contribution in [3.05, 3.63) is 29.6 Å². The summed E-state index contributed by atoms with van der Waals surface area (Å²) in [6, 6.07) is 4.66. The fraction of sp³-hybridized carbons (Fsp3) is 0.333. The highest BCUT2D eigenvalue weighted by Gasteiger charge is 2.22. The van der Waals surface area contributed by atoms with Crippen LogP contribution in [0.25, 0.3) is 0 Å². The van der Waals surface area contributed by atoms with Crippen LogP contribution >= 0.6 is 0 Å². The average Bonchev–Trinajstić information content (AvgIpc) is 2.57. The van der Waals surface area contributed by atoms with Gasteiger partial charge in [-0.1, -0.05) is 0 Å². The molecule has 24 heavy (non-hydrogen) atoms. The second-order valence-corrected chi connectivity index (χ2v) is 6.85. The first-order valence-corrected chi connectivity index (χ1v) is 8.71. The maximum absolute atomic E-state index is 12.7. The number of aromatic nitrogens is 2. The number of benzene rings is 1. The third-order valence-corrected chi connectivity index (χ3v) is 4.84. The Balaban J connectivity index is 1.95. The number of hydrogen-bond acceptors (Lipinski definition) is 7. The van der Waals surface area contributed by atoms with Crippen molar-refractivity contribution in [1.82, 2.24) is 9.97 Å². The molecule has 0 spiro atoms. The molecule has 9 heteroatoms. The van der Waals surface area contributed by atoms with Crippen LogP contribution < -0.4 is 18.9 Å². The van der Waals surface area contributed by atoms with E-state index in [-0.39, 0.29) is 10.9 Å². The molecule has 3 rings (SSSR count). The zero-order valence-electron chi connectivity index (χ0n) is 13.5. The lowest BCUT2D eigenvalue weighted by Gasteiger charge is -2.19. The Bertz CT molecular complexity index is 860. The van der Waals surface area contributed by atoms with Gasteiger partial charge in [0.1, 0.15) is 13.2 Å². The third-order valence-electron chi connectivity index (χ3n) is 3.49. The quantitative estimate of drug-likeness (QED) is 0.894. The molecule has 1 aromatic carbocycles. The molecule has 0 unspecified atom stereocenters. The van der Waals surface area contributed by atoms with Gasteiger partial charge >= 0.3 is 6.01 Å². The van der Waals surface area contributed by atoms with Crippen molar-refractivity contribution in [2.45, 2.75) is 18.7 Å². The summed E-state index contributed by atoms with van der Waals surface area (Å²) in [5.41, 5.74) is 1.27. The molecule has 1 N–H and O–H groups in total. The maximum Gasteiger partial charge on any atom is 0.316 e. The number of rotatable bonds is 4. The topological polar surface area (TPSA) is 99.6 Å². The molecule has 1 aliphatic heterocycles. The van der Waals surface area contributed by atoms with Crippen LogP contribution in [0.2, 0.25) is 0 Å². The van der Waals surface area contributed by atoms with Crippen molar-refractivity contribution in [2.24, 2.45) is 0 Å². The fourth-order valence-electron chi connectivity index (χ4n) is 2.31. The molecular formula is C15H17N3O5S. The summed E-state index contributed by atoms with van der Waals surface area (Å²) >= 11 is 0. The van der Waals surface area contributed by atoms with Gasteiger partial charge in [-0.15, -0.1) is 0 Å². The van der Waals surface area contributed by atoms with E-state index >= 15 is 0 Å². The number of anilines is 1. The Morgan fingerprint density at radius 2 is 1.71 bits per heavy atom. The number of aryl methyl sites for hydroxylation is 2. The van der Waals surface area contributed by atoms with Crippen molar-refractivity contribution in [3.63, 3.8) is 0 Å². The van der Waals surface area contributed by atoms with Crippen LogP contribution in [0.5, 0.6) is 17.5 Å². The van der Waals surface area contributed by atoms with Gasteiger partial charge in [0, 0.05) is 6.07 Å². The first kappa shape index (κ1) is 16.3. The second kappa shape index (κ2) is 6.16. The number of nitrogens with zero attached hydrogens (tertiary/aromatic N) is 2. The monoisotopic (exact) mass is 351 g/mol. The third kappa shape index (κ3) is 3.07. The van der Waals surface area contributed by atoms with Crippen molar-refractivity contribution in [1.29, 1.82) is 0 Å². The first-order valence-electron chi connectivity index (χ1n) is 7.22. The van der Waals surface area contributed by atoms with E-state index < -0.39 is 10.0 Å². The van der Waals surface area contributed by atoms with Gasteiger partial charge < -0.3 is 14.2 Å². The highest BCUT2D eigenvalue weighted by molar-refractivity contribution is 7.92. The molecule has 0 radical (unpaired) electrons. The smallest absolute Gasteiger partial charge is 0.316 e. The molecule has 8 nitrogen and oxygen atoms in total. The molecule has 0 amide bonds. The van der Waals surface area contributed by atoms with Gasteiger partial charge in [0.2, 0.25) is 0 Å². The molecule has 128 valence electrons. The van der Waals surface area contributed by atoms with Crippen molar-refractivity contribution < 1.29 is 22.6 Å². The molecular weight excluding hydrogens is 334 g/mol. The lowest BCUT2D eigenvalue weighted by atomic mass is 10.3. The summed E-state index contributed by atoms with van der Waals surface area (Å²) in [6.45, 7) is 4.19. The molecule has 0 bridgehead atoms. The number of hydrogen-bond donors (Lipinski definition) is 1. The van der Waals surface area contributed by atoms with Crippen molar-refractivity contribution >= 4 is 15.7 Å². The zero-order valence-corrected chi connectivity index (χ0v) is 14.3. The Labute approximate surface area is 139 Å². The SMILES string of the molecule is COc1nc(C)c(NS(=O)(=O)c2ccc3c(c2)OCCO3)c(C)n1. The van der Waals surface area contributed by atoms with Crippen molar-refractivity contribution in [2.75, 3.05) is 25.0 Å². The Hall–Kier alpha value is -2.55. The minimum absolute atomic E-state index is 0.0707. The number of methoxy groups -OCH3 is 1. The van der Waals surface area contributed by atoms with Gasteiger partial charge in [-0.2, -0.15) is 9.97 Å². The van der Waals surface area contributed by atoms with E-state index in [2.05, 4.69) is 14.7 Å². The van der Waals surface area contributed by atoms with Crippen LogP contribution in [0.4, 0.5) is 5.69 Å². The van der Waals surface area contributed by atoms with Crippen LogP contribution in [0.1, 0.15) is 11.4 Å². The molecule has 1 aromatic heterocycles. The normalized spacial score (nSPS) is 13.5. The summed E-state index contributed by atoms with van der Waals surface area (Å²) in [4.78, 5) is 8.26. The summed E-state index contributed by atoms with van der Waals surface area (Å²) in [6.07, 6.45) is 0. The van der Waals surface area contributed by atoms with Crippen LogP contribution in [0.3, 0.4) is 0 Å². The number of sulfonamides is 1. The molecule has 1 aliphatic rings. The summed E-state index contributed by atoms with van der Waals surface area (Å²) in [5, 5.41) is 0. The van der Waals surface area contributed by atoms with E-state index in [4.69, 9.17) is 14.2 Å². The number of ether oxygens (including phenoxy) is 3. The minimum atomic E-state index is -3.82. The fourth-order valence-corrected chi connectivity index (χ4v) is 3.50. The van der Waals surface area contributed by atoms with E-state index in [9.17, 15) is 8.42 Å². The molecule has 2 aromatic rings. The molecule has 0 aliphatic carbocycles. The molecule has 0 saturated carbocycles. The van der Waals surface area contributed by atoms with E-state index in [0.29, 0.717) is 41.8 Å². The number of nitrogens with one attached hydrogen (secondary N) is 1. The van der Waals surface area contributed by atoms with Crippen molar-refractivity contribution in [3.8, 4) is 17.5 Å². The first-order chi connectivity index (χ1) is 11.4. The van der Waals surface area contributed by atoms with Crippen LogP contribution in [0.15, 0.2) is 23.1 Å². The van der Waals surface area contributed by atoms with Gasteiger partial charge in [-0.05, 0) is 26.0 Å². The lowest BCUT2D eigenvalue weighted by molar-refractivity contribution is 0.171. The minimum Gasteiger partial charge on any atom is -0.486 e. The molecule has 0 atom stereocenters. The lowest BCUT2D eigenvalue weighted by Crippen LogP contribution is -2.18. The Morgan fingerprint density at radius 1 is 1.08 bits per heavy atom. The number of fused-ring (bicyclic) bond motifs is 1. The Morgan fingerprint density at radius 3 is 2.33 bits per heavy atom. The van der Waals surface area contributed by atoms with Gasteiger partial charge in [0.25, 0.3) is 10.0 Å². The zero-order chi connectivity index (χ0) is 17.3. The standard InChI is InChI=1S/C15H17N3O5S/c1-9-14(10(2)17-15(16-9)21-3)18-24(19,20)11-4-5-12-13(8-11)23-7-6-22-12/h4-5,8,18H,6-7H2,1-3H3.